The van der Waals surface area contributed by atoms with Gasteiger partial charge in [-0.25, -0.2) is 0 Å². The van der Waals surface area contributed by atoms with Crippen molar-refractivity contribution >= 4 is 17.3 Å². The van der Waals surface area contributed by atoms with E-state index in [1.54, 1.807) is 25.2 Å². The van der Waals surface area contributed by atoms with Crippen LogP contribution in [-0.4, -0.2) is 30.7 Å². The molecule has 5 N–H and O–H groups in total. The second kappa shape index (κ2) is 6.86. The second-order valence-electron chi connectivity index (χ2n) is 4.16. The Balaban J connectivity index is 2.66. The zero-order valence-electron chi connectivity index (χ0n) is 10.9. The summed E-state index contributed by atoms with van der Waals surface area (Å²) in [5.74, 6) is -0.147. The number of aliphatic hydroxyl groups excluding tert-OH is 1. The van der Waals surface area contributed by atoms with Crippen LogP contribution >= 0.6 is 0 Å². The van der Waals surface area contributed by atoms with Crippen LogP contribution in [0.1, 0.15) is 30.1 Å². The van der Waals surface area contributed by atoms with Crippen molar-refractivity contribution < 1.29 is 9.90 Å². The third-order valence-electron chi connectivity index (χ3n) is 2.81. The van der Waals surface area contributed by atoms with E-state index in [4.69, 9.17) is 5.73 Å². The summed E-state index contributed by atoms with van der Waals surface area (Å²) >= 11 is 0. The minimum absolute atomic E-state index is 0.147. The molecule has 0 aliphatic carbocycles. The minimum Gasteiger partial charge on any atom is -0.397 e. The second-order valence-corrected chi connectivity index (χ2v) is 4.16. The van der Waals surface area contributed by atoms with Crippen molar-refractivity contribution in [2.45, 2.75) is 25.9 Å². The maximum Gasteiger partial charge on any atom is 0.251 e. The van der Waals surface area contributed by atoms with Crippen molar-refractivity contribution in [1.29, 1.82) is 0 Å². The first-order valence-corrected chi connectivity index (χ1v) is 6.12. The van der Waals surface area contributed by atoms with Crippen molar-refractivity contribution in [3.05, 3.63) is 23.8 Å². The molecule has 0 aliphatic rings. The van der Waals surface area contributed by atoms with E-state index in [0.717, 1.165) is 12.1 Å². The molecule has 0 radical (unpaired) electrons. The molecule has 0 spiro atoms. The van der Waals surface area contributed by atoms with Gasteiger partial charge in [0.1, 0.15) is 0 Å². The van der Waals surface area contributed by atoms with Crippen LogP contribution in [0.5, 0.6) is 0 Å². The molecule has 0 aliphatic heterocycles. The molecular weight excluding hydrogens is 230 g/mol. The van der Waals surface area contributed by atoms with Gasteiger partial charge in [-0.2, -0.15) is 0 Å². The summed E-state index contributed by atoms with van der Waals surface area (Å²) in [5.41, 5.74) is 7.70. The van der Waals surface area contributed by atoms with Gasteiger partial charge in [0.05, 0.1) is 17.5 Å². The van der Waals surface area contributed by atoms with Gasteiger partial charge in [-0.1, -0.05) is 6.92 Å². The fraction of sp³-hybridized carbons (Fsp3) is 0.462. The number of nitrogens with one attached hydrogen (secondary N) is 2. The van der Waals surface area contributed by atoms with E-state index in [-0.39, 0.29) is 12.0 Å². The molecule has 100 valence electrons. The molecule has 5 heteroatoms. The third kappa shape index (κ3) is 3.92. The monoisotopic (exact) mass is 251 g/mol. The highest BCUT2D eigenvalue weighted by Gasteiger charge is 2.07. The largest absolute Gasteiger partial charge is 0.397 e. The Kier molecular flexibility index (Phi) is 5.45. The first-order chi connectivity index (χ1) is 8.58. The Morgan fingerprint density at radius 2 is 2.22 bits per heavy atom. The summed E-state index contributed by atoms with van der Waals surface area (Å²) < 4.78 is 0. The molecule has 0 saturated heterocycles. The van der Waals surface area contributed by atoms with Crippen molar-refractivity contribution in [3.63, 3.8) is 0 Å². The number of nitrogen functional groups attached to an aromatic ring is 1. The number of carbonyl (C=O) groups excluding carboxylic acids is 1. The number of anilines is 2. The fourth-order valence-corrected chi connectivity index (χ4v) is 1.57. The lowest BCUT2D eigenvalue weighted by atomic mass is 10.1. The molecule has 1 aromatic carbocycles. The molecule has 1 atom stereocenters. The number of hydrogen-bond acceptors (Lipinski definition) is 4. The summed E-state index contributed by atoms with van der Waals surface area (Å²) in [5, 5.41) is 15.1. The average Bonchev–Trinajstić information content (AvgIpc) is 2.39. The van der Waals surface area contributed by atoms with Crippen LogP contribution in [0, 0.1) is 0 Å². The normalized spacial score (nSPS) is 11.9. The van der Waals surface area contributed by atoms with Crippen LogP contribution in [0.25, 0.3) is 0 Å². The highest BCUT2D eigenvalue weighted by molar-refractivity contribution is 5.96. The molecule has 0 saturated carbocycles. The number of nitrogens with two attached hydrogens (primary N) is 1. The number of aliphatic hydroxyl groups is 1. The van der Waals surface area contributed by atoms with Crippen molar-refractivity contribution in [2.75, 3.05) is 24.6 Å². The maximum absolute atomic E-state index is 11.5. The summed E-state index contributed by atoms with van der Waals surface area (Å²) in [7, 11) is 1.59. The third-order valence-corrected chi connectivity index (χ3v) is 2.81. The predicted octanol–water partition coefficient (Wildman–Crippen LogP) is 1.20. The Hall–Kier alpha value is -1.75. The zero-order valence-corrected chi connectivity index (χ0v) is 10.9. The first kappa shape index (κ1) is 14.3. The van der Waals surface area contributed by atoms with E-state index < -0.39 is 0 Å². The molecule has 1 aromatic rings. The summed E-state index contributed by atoms with van der Waals surface area (Å²) in [6.45, 7) is 2.56. The van der Waals surface area contributed by atoms with Crippen LogP contribution in [-0.2, 0) is 0 Å². The molecule has 1 amide bonds. The van der Waals surface area contributed by atoms with E-state index in [1.807, 2.05) is 6.92 Å². The van der Waals surface area contributed by atoms with E-state index in [9.17, 15) is 9.90 Å². The van der Waals surface area contributed by atoms with Crippen LogP contribution < -0.4 is 16.4 Å². The molecule has 0 fully saturated rings. The van der Waals surface area contributed by atoms with Gasteiger partial charge >= 0.3 is 0 Å². The Labute approximate surface area is 107 Å². The van der Waals surface area contributed by atoms with Gasteiger partial charge in [0.15, 0.2) is 0 Å². The van der Waals surface area contributed by atoms with Gasteiger partial charge in [0, 0.05) is 19.2 Å². The number of carbonyl (C=O) groups is 1. The van der Waals surface area contributed by atoms with Gasteiger partial charge in [-0.3, -0.25) is 4.79 Å². The Morgan fingerprint density at radius 1 is 1.50 bits per heavy atom. The van der Waals surface area contributed by atoms with Crippen LogP contribution in [0.4, 0.5) is 11.4 Å². The first-order valence-electron chi connectivity index (χ1n) is 6.12. The zero-order chi connectivity index (χ0) is 13.5. The van der Waals surface area contributed by atoms with Crippen LogP contribution in [0.3, 0.4) is 0 Å². The lowest BCUT2D eigenvalue weighted by Gasteiger charge is -2.12. The van der Waals surface area contributed by atoms with Crippen molar-refractivity contribution in [3.8, 4) is 0 Å². The van der Waals surface area contributed by atoms with Crippen molar-refractivity contribution in [1.82, 2.24) is 5.32 Å². The van der Waals surface area contributed by atoms with E-state index in [1.165, 1.54) is 0 Å². The molecule has 0 heterocycles. The quantitative estimate of drug-likeness (QED) is 0.572. The molecule has 0 aromatic heterocycles. The molecule has 5 nitrogen and oxygen atoms in total. The smallest absolute Gasteiger partial charge is 0.251 e. The van der Waals surface area contributed by atoms with Crippen LogP contribution in [0.15, 0.2) is 18.2 Å². The lowest BCUT2D eigenvalue weighted by Crippen LogP contribution is -2.18. The Bertz CT molecular complexity index is 407. The summed E-state index contributed by atoms with van der Waals surface area (Å²) in [6, 6.07) is 5.09. The van der Waals surface area contributed by atoms with E-state index in [2.05, 4.69) is 10.6 Å². The number of hydrogen-bond donors (Lipinski definition) is 4. The van der Waals surface area contributed by atoms with Gasteiger partial charge in [-0.15, -0.1) is 0 Å². The highest BCUT2D eigenvalue weighted by Crippen LogP contribution is 2.20. The summed E-state index contributed by atoms with van der Waals surface area (Å²) in [4.78, 5) is 11.5. The van der Waals surface area contributed by atoms with Gasteiger partial charge in [0.2, 0.25) is 0 Å². The standard InChI is InChI=1S/C13H21N3O2/c1-3-10(17)6-7-16-12-8-9(13(18)15-2)4-5-11(12)14/h4-5,8,10,16-17H,3,6-7,14H2,1-2H3,(H,15,18). The minimum atomic E-state index is -0.305. The molecule has 1 rings (SSSR count). The SMILES string of the molecule is CCC(O)CCNc1cc(C(=O)NC)ccc1N. The number of amides is 1. The Morgan fingerprint density at radius 3 is 2.83 bits per heavy atom. The number of rotatable bonds is 6. The topological polar surface area (TPSA) is 87.4 Å². The van der Waals surface area contributed by atoms with Gasteiger partial charge in [-0.05, 0) is 31.0 Å². The molecule has 1 unspecified atom stereocenters. The maximum atomic E-state index is 11.5. The molecular formula is C13H21N3O2. The van der Waals surface area contributed by atoms with E-state index >= 15 is 0 Å². The summed E-state index contributed by atoms with van der Waals surface area (Å²) in [6.07, 6.45) is 1.08. The fourth-order valence-electron chi connectivity index (χ4n) is 1.57. The average molecular weight is 251 g/mol. The molecule has 0 bridgehead atoms. The predicted molar refractivity (Wildman–Crippen MR) is 73.6 cm³/mol. The van der Waals surface area contributed by atoms with Gasteiger partial charge in [0.25, 0.3) is 5.91 Å². The van der Waals surface area contributed by atoms with Crippen molar-refractivity contribution in [2.24, 2.45) is 0 Å². The molecule has 18 heavy (non-hydrogen) atoms. The van der Waals surface area contributed by atoms with Crippen LogP contribution in [0.2, 0.25) is 0 Å². The highest BCUT2D eigenvalue weighted by atomic mass is 16.3. The van der Waals surface area contributed by atoms with Gasteiger partial charge < -0.3 is 21.5 Å². The number of benzene rings is 1. The lowest BCUT2D eigenvalue weighted by molar-refractivity contribution is 0.0963. The van der Waals surface area contributed by atoms with E-state index in [0.29, 0.717) is 24.2 Å².